The summed E-state index contributed by atoms with van der Waals surface area (Å²) in [7, 11) is 0. The van der Waals surface area contributed by atoms with Crippen LogP contribution in [0.15, 0.2) is 30.3 Å². The summed E-state index contributed by atoms with van der Waals surface area (Å²) < 4.78 is 0. The van der Waals surface area contributed by atoms with Crippen molar-refractivity contribution in [2.24, 2.45) is 5.92 Å². The van der Waals surface area contributed by atoms with E-state index in [0.717, 1.165) is 5.56 Å². The summed E-state index contributed by atoms with van der Waals surface area (Å²) >= 11 is 5.89. The van der Waals surface area contributed by atoms with Gasteiger partial charge in [-0.3, -0.25) is 4.79 Å². The minimum atomic E-state index is -0.541. The van der Waals surface area contributed by atoms with Gasteiger partial charge in [-0.1, -0.05) is 44.2 Å². The van der Waals surface area contributed by atoms with E-state index in [4.69, 9.17) is 11.6 Å². The van der Waals surface area contributed by atoms with E-state index >= 15 is 0 Å². The minimum Gasteiger partial charge on any atom is -0.351 e. The third-order valence-corrected chi connectivity index (χ3v) is 3.68. The Morgan fingerprint density at radius 1 is 1.28 bits per heavy atom. The molecule has 0 aliphatic rings. The Morgan fingerprint density at radius 2 is 1.83 bits per heavy atom. The molecule has 0 aliphatic heterocycles. The van der Waals surface area contributed by atoms with Crippen molar-refractivity contribution in [3.8, 4) is 0 Å². The van der Waals surface area contributed by atoms with Gasteiger partial charge in [0.2, 0.25) is 5.91 Å². The molecule has 0 aromatic heterocycles. The van der Waals surface area contributed by atoms with Crippen LogP contribution in [0.3, 0.4) is 0 Å². The van der Waals surface area contributed by atoms with Crippen LogP contribution in [0.5, 0.6) is 0 Å². The molecule has 0 saturated heterocycles. The Bertz CT molecular complexity index is 387. The molecule has 1 rings (SSSR count). The summed E-state index contributed by atoms with van der Waals surface area (Å²) in [5.41, 5.74) is 0.472. The molecule has 1 N–H and O–H groups in total. The second-order valence-electron chi connectivity index (χ2n) is 5.47. The van der Waals surface area contributed by atoms with Crippen LogP contribution in [0.4, 0.5) is 0 Å². The monoisotopic (exact) mass is 267 g/mol. The SMILES string of the molecule is CC(C)C(CCl)NC(=O)C(C)(C)c1ccccc1. The van der Waals surface area contributed by atoms with Gasteiger partial charge in [0, 0.05) is 11.9 Å². The number of benzene rings is 1. The second-order valence-corrected chi connectivity index (χ2v) is 5.78. The molecule has 1 aromatic carbocycles. The van der Waals surface area contributed by atoms with Crippen LogP contribution >= 0.6 is 11.6 Å². The van der Waals surface area contributed by atoms with Gasteiger partial charge < -0.3 is 5.32 Å². The highest BCUT2D eigenvalue weighted by Crippen LogP contribution is 2.23. The molecule has 3 heteroatoms. The standard InChI is InChI=1S/C15H22ClNO/c1-11(2)13(10-16)17-14(18)15(3,4)12-8-6-5-7-9-12/h5-9,11,13H,10H2,1-4H3,(H,17,18). The number of halogens is 1. The predicted molar refractivity (Wildman–Crippen MR) is 77.0 cm³/mol. The van der Waals surface area contributed by atoms with Gasteiger partial charge in [-0.15, -0.1) is 11.6 Å². The molecule has 0 aliphatic carbocycles. The number of carbonyl (C=O) groups excluding carboxylic acids is 1. The Balaban J connectivity index is 2.83. The van der Waals surface area contributed by atoms with E-state index in [0.29, 0.717) is 11.8 Å². The first-order chi connectivity index (χ1) is 8.39. The summed E-state index contributed by atoms with van der Waals surface area (Å²) in [5, 5.41) is 3.03. The third-order valence-electron chi connectivity index (χ3n) is 3.35. The van der Waals surface area contributed by atoms with Gasteiger partial charge in [0.15, 0.2) is 0 Å². The van der Waals surface area contributed by atoms with Crippen LogP contribution in [0.25, 0.3) is 0 Å². The van der Waals surface area contributed by atoms with Crippen molar-refractivity contribution >= 4 is 17.5 Å². The number of amides is 1. The van der Waals surface area contributed by atoms with E-state index < -0.39 is 5.41 Å². The maximum absolute atomic E-state index is 12.4. The molecule has 0 bridgehead atoms. The summed E-state index contributed by atoms with van der Waals surface area (Å²) in [6, 6.07) is 9.82. The van der Waals surface area contributed by atoms with Crippen LogP contribution in [0.1, 0.15) is 33.3 Å². The fourth-order valence-electron chi connectivity index (χ4n) is 1.72. The first-order valence-electron chi connectivity index (χ1n) is 6.32. The number of carbonyl (C=O) groups is 1. The Labute approximate surface area is 115 Å². The summed E-state index contributed by atoms with van der Waals surface area (Å²) in [4.78, 5) is 12.4. The van der Waals surface area contributed by atoms with Gasteiger partial charge in [-0.25, -0.2) is 0 Å². The zero-order chi connectivity index (χ0) is 13.8. The van der Waals surface area contributed by atoms with Gasteiger partial charge in [0.25, 0.3) is 0 Å². The molecule has 0 spiro atoms. The predicted octanol–water partition coefficient (Wildman–Crippen LogP) is 3.34. The highest BCUT2D eigenvalue weighted by Gasteiger charge is 2.31. The molecule has 2 nitrogen and oxygen atoms in total. The van der Waals surface area contributed by atoms with Crippen molar-refractivity contribution in [1.82, 2.24) is 5.32 Å². The molecular weight excluding hydrogens is 246 g/mol. The lowest BCUT2D eigenvalue weighted by atomic mass is 9.83. The molecule has 0 radical (unpaired) electrons. The average Bonchev–Trinajstić information content (AvgIpc) is 2.36. The van der Waals surface area contributed by atoms with Crippen molar-refractivity contribution in [3.63, 3.8) is 0 Å². The van der Waals surface area contributed by atoms with Gasteiger partial charge in [-0.05, 0) is 25.3 Å². The molecule has 0 fully saturated rings. The maximum Gasteiger partial charge on any atom is 0.230 e. The number of rotatable bonds is 5. The zero-order valence-corrected chi connectivity index (χ0v) is 12.3. The molecule has 18 heavy (non-hydrogen) atoms. The van der Waals surface area contributed by atoms with E-state index in [-0.39, 0.29) is 11.9 Å². The Hall–Kier alpha value is -1.02. The fourth-order valence-corrected chi connectivity index (χ4v) is 2.15. The third kappa shape index (κ3) is 3.49. The molecule has 100 valence electrons. The largest absolute Gasteiger partial charge is 0.351 e. The molecule has 1 amide bonds. The normalized spacial score (nSPS) is 13.4. The highest BCUT2D eigenvalue weighted by molar-refractivity contribution is 6.18. The molecular formula is C15H22ClNO. The number of hydrogen-bond donors (Lipinski definition) is 1. The minimum absolute atomic E-state index is 0.0159. The van der Waals surface area contributed by atoms with Crippen LogP contribution in [0, 0.1) is 5.92 Å². The average molecular weight is 268 g/mol. The zero-order valence-electron chi connectivity index (χ0n) is 11.5. The van der Waals surface area contributed by atoms with Crippen LogP contribution in [-0.2, 0) is 10.2 Å². The number of alkyl halides is 1. The lowest BCUT2D eigenvalue weighted by Gasteiger charge is -2.28. The van der Waals surface area contributed by atoms with Crippen molar-refractivity contribution in [1.29, 1.82) is 0 Å². The van der Waals surface area contributed by atoms with E-state index in [1.165, 1.54) is 0 Å². The van der Waals surface area contributed by atoms with Crippen molar-refractivity contribution in [3.05, 3.63) is 35.9 Å². The lowest BCUT2D eigenvalue weighted by Crippen LogP contribution is -2.47. The second kappa shape index (κ2) is 6.24. The molecule has 1 atom stereocenters. The summed E-state index contributed by atoms with van der Waals surface area (Å²) in [5.74, 6) is 0.792. The topological polar surface area (TPSA) is 29.1 Å². The van der Waals surface area contributed by atoms with Gasteiger partial charge in [0.05, 0.1) is 5.41 Å². The van der Waals surface area contributed by atoms with Gasteiger partial charge in [0.1, 0.15) is 0 Å². The smallest absolute Gasteiger partial charge is 0.230 e. The van der Waals surface area contributed by atoms with Crippen molar-refractivity contribution in [2.75, 3.05) is 5.88 Å². The lowest BCUT2D eigenvalue weighted by molar-refractivity contribution is -0.126. The molecule has 0 saturated carbocycles. The molecule has 1 unspecified atom stereocenters. The summed E-state index contributed by atoms with van der Waals surface area (Å²) in [6.07, 6.45) is 0. The molecule has 0 heterocycles. The van der Waals surface area contributed by atoms with Crippen LogP contribution < -0.4 is 5.32 Å². The Kier molecular flexibility index (Phi) is 5.21. The summed E-state index contributed by atoms with van der Waals surface area (Å²) in [6.45, 7) is 7.98. The highest BCUT2D eigenvalue weighted by atomic mass is 35.5. The first-order valence-corrected chi connectivity index (χ1v) is 6.85. The van der Waals surface area contributed by atoms with Crippen molar-refractivity contribution < 1.29 is 4.79 Å². The van der Waals surface area contributed by atoms with Gasteiger partial charge in [-0.2, -0.15) is 0 Å². The van der Waals surface area contributed by atoms with Crippen LogP contribution in [-0.4, -0.2) is 17.8 Å². The van der Waals surface area contributed by atoms with Crippen LogP contribution in [0.2, 0.25) is 0 Å². The molecule has 1 aromatic rings. The fraction of sp³-hybridized carbons (Fsp3) is 0.533. The van der Waals surface area contributed by atoms with E-state index in [1.807, 2.05) is 44.2 Å². The maximum atomic E-state index is 12.4. The first kappa shape index (κ1) is 15.0. The van der Waals surface area contributed by atoms with E-state index in [1.54, 1.807) is 0 Å². The van der Waals surface area contributed by atoms with E-state index in [9.17, 15) is 4.79 Å². The Morgan fingerprint density at radius 3 is 2.28 bits per heavy atom. The quantitative estimate of drug-likeness (QED) is 0.815. The van der Waals surface area contributed by atoms with E-state index in [2.05, 4.69) is 19.2 Å². The van der Waals surface area contributed by atoms with Gasteiger partial charge >= 0.3 is 0 Å². The number of hydrogen-bond acceptors (Lipinski definition) is 1. The van der Waals surface area contributed by atoms with Crippen molar-refractivity contribution in [2.45, 2.75) is 39.2 Å². The number of nitrogens with one attached hydrogen (secondary N) is 1.